The molecule has 3 fully saturated rings. The van der Waals surface area contributed by atoms with Crippen LogP contribution in [0.1, 0.15) is 29.5 Å². The summed E-state index contributed by atoms with van der Waals surface area (Å²) >= 11 is 0. The number of benzene rings is 3. The molecule has 4 amide bonds. The average molecular weight is 988 g/mol. The maximum atomic E-state index is 13.7. The molecule has 2 aliphatic heterocycles. The molecule has 3 aromatic carbocycles. The van der Waals surface area contributed by atoms with E-state index in [1.807, 2.05) is 0 Å². The van der Waals surface area contributed by atoms with Crippen molar-refractivity contribution in [2.24, 2.45) is 5.73 Å². The van der Waals surface area contributed by atoms with Crippen molar-refractivity contribution in [1.29, 1.82) is 0 Å². The molecule has 24 heteroatoms. The van der Waals surface area contributed by atoms with E-state index in [1.165, 1.54) is 0 Å². The second-order valence-electron chi connectivity index (χ2n) is 16.9. The van der Waals surface area contributed by atoms with Crippen LogP contribution in [0.4, 0.5) is 14.4 Å². The van der Waals surface area contributed by atoms with Gasteiger partial charge in [-0.2, -0.15) is 0 Å². The van der Waals surface area contributed by atoms with Gasteiger partial charge in [0.2, 0.25) is 5.91 Å². The van der Waals surface area contributed by atoms with Gasteiger partial charge in [-0.1, -0.05) is 91.0 Å². The summed E-state index contributed by atoms with van der Waals surface area (Å²) in [6, 6.07) is 21.8. The van der Waals surface area contributed by atoms with Crippen molar-refractivity contribution in [3.63, 3.8) is 0 Å². The Morgan fingerprint density at radius 1 is 0.586 bits per heavy atom. The predicted molar refractivity (Wildman–Crippen MR) is 238 cm³/mol. The molecular formula is C46H61N5O19. The third-order valence-electron chi connectivity index (χ3n) is 11.9. The van der Waals surface area contributed by atoms with Crippen LogP contribution in [0.25, 0.3) is 0 Å². The lowest BCUT2D eigenvalue weighted by Gasteiger charge is -2.49. The van der Waals surface area contributed by atoms with Crippen molar-refractivity contribution in [1.82, 2.24) is 21.3 Å². The summed E-state index contributed by atoms with van der Waals surface area (Å²) < 4.78 is 39.5. The van der Waals surface area contributed by atoms with Gasteiger partial charge in [-0.3, -0.25) is 4.79 Å². The molecule has 6 rings (SSSR count). The topological polar surface area (TPSA) is 369 Å². The first-order chi connectivity index (χ1) is 33.6. The third kappa shape index (κ3) is 14.7. The van der Waals surface area contributed by atoms with Crippen LogP contribution in [0.15, 0.2) is 91.0 Å². The summed E-state index contributed by atoms with van der Waals surface area (Å²) in [5.41, 5.74) is 8.05. The van der Waals surface area contributed by atoms with E-state index in [4.69, 9.17) is 38.9 Å². The predicted octanol–water partition coefficient (Wildman–Crippen LogP) is -2.52. The molecule has 24 nitrogen and oxygen atoms in total. The van der Waals surface area contributed by atoms with Crippen LogP contribution in [0, 0.1) is 0 Å². The number of hydrogen-bond acceptors (Lipinski definition) is 20. The number of alkyl carbamates (subject to hydrolysis) is 3. The fourth-order valence-corrected chi connectivity index (χ4v) is 7.94. The van der Waals surface area contributed by atoms with Gasteiger partial charge in [0, 0.05) is 13.1 Å². The lowest BCUT2D eigenvalue weighted by Crippen LogP contribution is -2.70. The van der Waals surface area contributed by atoms with Gasteiger partial charge in [0.25, 0.3) is 0 Å². The molecule has 2 heterocycles. The zero-order valence-electron chi connectivity index (χ0n) is 37.7. The van der Waals surface area contributed by atoms with Crippen LogP contribution in [-0.2, 0) is 57.8 Å². The third-order valence-corrected chi connectivity index (χ3v) is 11.9. The Labute approximate surface area is 401 Å². The number of carbonyl (C=O) groups is 4. The Morgan fingerprint density at radius 3 is 1.59 bits per heavy atom. The van der Waals surface area contributed by atoms with E-state index in [1.54, 1.807) is 91.0 Å². The van der Waals surface area contributed by atoms with E-state index in [0.717, 1.165) is 5.56 Å². The molecule has 15 unspecified atom stereocenters. The molecule has 2 saturated heterocycles. The summed E-state index contributed by atoms with van der Waals surface area (Å²) in [5, 5.41) is 97.7. The Balaban J connectivity index is 1.21. The Kier molecular flexibility index (Phi) is 20.0. The van der Waals surface area contributed by atoms with Crippen LogP contribution >= 0.6 is 0 Å². The number of amides is 4. The summed E-state index contributed by atoms with van der Waals surface area (Å²) in [5.74, 6) is -1.07. The van der Waals surface area contributed by atoms with Gasteiger partial charge >= 0.3 is 18.3 Å². The zero-order valence-corrected chi connectivity index (χ0v) is 37.7. The van der Waals surface area contributed by atoms with Crippen LogP contribution in [0.3, 0.4) is 0 Å². The maximum absolute atomic E-state index is 13.7. The molecule has 1 aliphatic carbocycles. The van der Waals surface area contributed by atoms with E-state index in [-0.39, 0.29) is 32.8 Å². The lowest BCUT2D eigenvalue weighted by molar-refractivity contribution is -0.333. The highest BCUT2D eigenvalue weighted by Gasteiger charge is 2.54. The number of carbonyl (C=O) groups excluding carboxylic acids is 4. The monoisotopic (exact) mass is 987 g/mol. The van der Waals surface area contributed by atoms with Gasteiger partial charge in [0.15, 0.2) is 12.6 Å². The van der Waals surface area contributed by atoms with Gasteiger partial charge in [0.05, 0.1) is 24.7 Å². The van der Waals surface area contributed by atoms with Crippen molar-refractivity contribution in [3.05, 3.63) is 108 Å². The molecule has 1 saturated carbocycles. The van der Waals surface area contributed by atoms with Crippen molar-refractivity contribution >= 4 is 24.2 Å². The van der Waals surface area contributed by atoms with Crippen molar-refractivity contribution < 1.29 is 93.2 Å². The van der Waals surface area contributed by atoms with Gasteiger partial charge in [-0.15, -0.1) is 0 Å². The number of hydrogen-bond donors (Lipinski definition) is 13. The van der Waals surface area contributed by atoms with Crippen LogP contribution in [0.2, 0.25) is 0 Å². The van der Waals surface area contributed by atoms with Gasteiger partial charge in [-0.05, 0) is 29.5 Å². The molecule has 384 valence electrons. The minimum Gasteiger partial charge on any atom is -0.445 e. The highest BCUT2D eigenvalue weighted by atomic mass is 16.7. The molecule has 0 radical (unpaired) electrons. The summed E-state index contributed by atoms with van der Waals surface area (Å²) in [6.07, 6.45) is -26.7. The van der Waals surface area contributed by atoms with Gasteiger partial charge < -0.3 is 101 Å². The number of aliphatic hydroxyl groups is 8. The Bertz CT molecular complexity index is 2100. The molecule has 3 aliphatic rings. The van der Waals surface area contributed by atoms with E-state index < -0.39 is 142 Å². The fourth-order valence-electron chi connectivity index (χ4n) is 7.94. The average Bonchev–Trinajstić information content (AvgIpc) is 3.37. The standard InChI is InChI=1S/C46H61N5O19/c47-32-33(54)31(20-52)68-42(35(32)56)69-40-28(51-46(63)66-23-26-14-8-3-9-15-26)18-27(50-41(60)29(53)16-17-48-44(61)64-21-24-10-4-1-5-11-24)39(38(40)59)70-43-37(58)36(57)34(55)30(67-43)19-49-45(62)65-22-25-12-6-2-7-13-25/h1-15,27-40,42-43,52-59H,16-23,47H2,(H,48,61)(H,49,62)(H,50,60)(H,51,63)/t27?,28?,29-,30?,31?,32?,33?,34?,35?,36?,37?,38?,39?,40?,42?,43?/m0/s1. The molecule has 0 aromatic heterocycles. The zero-order chi connectivity index (χ0) is 50.3. The molecule has 70 heavy (non-hydrogen) atoms. The number of nitrogens with two attached hydrogens (primary N) is 1. The smallest absolute Gasteiger partial charge is 0.407 e. The lowest BCUT2D eigenvalue weighted by atomic mass is 9.83. The first-order valence-electron chi connectivity index (χ1n) is 22.5. The van der Waals surface area contributed by atoms with Crippen molar-refractivity contribution in [2.75, 3.05) is 19.7 Å². The highest BCUT2D eigenvalue weighted by molar-refractivity contribution is 5.81. The van der Waals surface area contributed by atoms with E-state index in [0.29, 0.717) is 11.1 Å². The minimum absolute atomic E-state index is 0.0443. The summed E-state index contributed by atoms with van der Waals surface area (Å²) in [6.45, 7) is -1.87. The summed E-state index contributed by atoms with van der Waals surface area (Å²) in [4.78, 5) is 52.1. The number of rotatable bonds is 19. The molecule has 0 bridgehead atoms. The second kappa shape index (κ2) is 26.0. The van der Waals surface area contributed by atoms with Crippen molar-refractivity contribution in [3.8, 4) is 0 Å². The van der Waals surface area contributed by atoms with Crippen molar-refractivity contribution in [2.45, 2.75) is 131 Å². The number of aliphatic hydroxyl groups excluding tert-OH is 8. The second-order valence-corrected chi connectivity index (χ2v) is 16.9. The first-order valence-corrected chi connectivity index (χ1v) is 22.5. The number of ether oxygens (including phenoxy) is 7. The van der Waals surface area contributed by atoms with E-state index in [2.05, 4.69) is 21.3 Å². The molecule has 0 spiro atoms. The maximum Gasteiger partial charge on any atom is 0.407 e. The normalized spacial score (nSPS) is 31.3. The largest absolute Gasteiger partial charge is 0.445 e. The molecule has 14 N–H and O–H groups in total. The van der Waals surface area contributed by atoms with Crippen LogP contribution in [-0.4, -0.2) is 183 Å². The van der Waals surface area contributed by atoms with E-state index in [9.17, 15) is 60.0 Å². The Morgan fingerprint density at radius 2 is 1.06 bits per heavy atom. The number of nitrogens with one attached hydrogen (secondary N) is 4. The molecular weight excluding hydrogens is 927 g/mol. The Hall–Kier alpha value is -5.58. The SMILES string of the molecule is NC1C(O)C(CO)OC(OC2C(NC(=O)OCc3ccccc3)CC(NC(=O)[C@@H](O)CCNC(=O)OCc3ccccc3)C(OC3OC(CNC(=O)OCc4ccccc4)C(O)C(O)C3O)C2O)C1O. The molecule has 16 atom stereocenters. The van der Waals surface area contributed by atoms with E-state index >= 15 is 0 Å². The highest BCUT2D eigenvalue weighted by Crippen LogP contribution is 2.33. The quantitative estimate of drug-likeness (QED) is 0.0551. The van der Waals surface area contributed by atoms with Gasteiger partial charge in [-0.25, -0.2) is 14.4 Å². The summed E-state index contributed by atoms with van der Waals surface area (Å²) in [7, 11) is 0. The fraction of sp³-hybridized carbons (Fsp3) is 0.522. The minimum atomic E-state index is -2.05. The van der Waals surface area contributed by atoms with Crippen LogP contribution in [0.5, 0.6) is 0 Å². The first kappa shape index (κ1) is 53.8. The van der Waals surface area contributed by atoms with Crippen LogP contribution < -0.4 is 27.0 Å². The van der Waals surface area contributed by atoms with Gasteiger partial charge in [0.1, 0.15) is 87.0 Å². The molecule has 3 aromatic rings.